The Hall–Kier alpha value is -0.690. The quantitative estimate of drug-likeness (QED) is 0.681. The summed E-state index contributed by atoms with van der Waals surface area (Å²) in [6, 6.07) is 0. The van der Waals surface area contributed by atoms with Gasteiger partial charge in [-0.2, -0.15) is 0 Å². The Morgan fingerprint density at radius 3 is 2.74 bits per heavy atom. The van der Waals surface area contributed by atoms with Gasteiger partial charge in [0.15, 0.2) is 0 Å². The lowest BCUT2D eigenvalue weighted by atomic mass is 10.1. The van der Waals surface area contributed by atoms with Crippen LogP contribution in [0, 0.1) is 0 Å². The molecule has 2 aliphatic heterocycles. The van der Waals surface area contributed by atoms with Crippen LogP contribution in [-0.4, -0.2) is 84.9 Å². The molecule has 6 nitrogen and oxygen atoms in total. The molecule has 110 valence electrons. The Bertz CT molecular complexity index is 316. The monoisotopic (exact) mass is 271 g/mol. The number of nitrogens with one attached hydrogen (secondary N) is 1. The fourth-order valence-electron chi connectivity index (χ4n) is 2.74. The van der Waals surface area contributed by atoms with Gasteiger partial charge in [-0.05, 0) is 13.8 Å². The molecule has 0 aliphatic carbocycles. The van der Waals surface area contributed by atoms with Gasteiger partial charge in [-0.1, -0.05) is 0 Å². The normalized spacial score (nSPS) is 28.4. The molecule has 2 aliphatic rings. The first-order valence-electron chi connectivity index (χ1n) is 7.00. The van der Waals surface area contributed by atoms with Crippen LogP contribution in [-0.2, 0) is 9.53 Å². The number of ether oxygens (including phenoxy) is 1. The first-order chi connectivity index (χ1) is 9.00. The smallest absolute Gasteiger partial charge is 0.236 e. The number of piperazine rings is 1. The largest absolute Gasteiger partial charge is 0.394 e. The molecule has 0 aromatic heterocycles. The average Bonchev–Trinajstić information content (AvgIpc) is 2.38. The number of aliphatic hydroxyl groups is 1. The van der Waals surface area contributed by atoms with E-state index in [1.54, 1.807) is 0 Å². The maximum absolute atomic E-state index is 12.3. The highest BCUT2D eigenvalue weighted by atomic mass is 16.5. The van der Waals surface area contributed by atoms with Crippen molar-refractivity contribution < 1.29 is 14.6 Å². The van der Waals surface area contributed by atoms with Crippen molar-refractivity contribution in [3.8, 4) is 0 Å². The van der Waals surface area contributed by atoms with Crippen LogP contribution >= 0.6 is 0 Å². The highest BCUT2D eigenvalue weighted by molar-refractivity contribution is 5.78. The predicted molar refractivity (Wildman–Crippen MR) is 71.9 cm³/mol. The molecule has 1 amide bonds. The molecule has 0 bridgehead atoms. The van der Waals surface area contributed by atoms with Gasteiger partial charge in [0.1, 0.15) is 0 Å². The number of rotatable bonds is 3. The van der Waals surface area contributed by atoms with E-state index < -0.39 is 0 Å². The van der Waals surface area contributed by atoms with Gasteiger partial charge in [0.25, 0.3) is 0 Å². The Balaban J connectivity index is 1.89. The summed E-state index contributed by atoms with van der Waals surface area (Å²) in [5.74, 6) is 0.136. The van der Waals surface area contributed by atoms with E-state index >= 15 is 0 Å². The van der Waals surface area contributed by atoms with Gasteiger partial charge >= 0.3 is 0 Å². The third-order valence-electron chi connectivity index (χ3n) is 3.61. The summed E-state index contributed by atoms with van der Waals surface area (Å²) in [7, 11) is 0. The Labute approximate surface area is 114 Å². The van der Waals surface area contributed by atoms with Crippen molar-refractivity contribution >= 4 is 5.91 Å². The van der Waals surface area contributed by atoms with E-state index in [0.29, 0.717) is 19.6 Å². The van der Waals surface area contributed by atoms with Crippen LogP contribution in [0.2, 0.25) is 0 Å². The first-order valence-corrected chi connectivity index (χ1v) is 7.00. The van der Waals surface area contributed by atoms with E-state index in [1.807, 2.05) is 18.7 Å². The highest BCUT2D eigenvalue weighted by Crippen LogP contribution is 2.21. The second kappa shape index (κ2) is 6.17. The maximum atomic E-state index is 12.3. The number of carbonyl (C=O) groups excluding carboxylic acids is 1. The first kappa shape index (κ1) is 14.7. The lowest BCUT2D eigenvalue weighted by Gasteiger charge is -2.43. The standard InChI is InChI=1S/C13H25N3O3/c1-13(2)10-16(7-11(9-17)19-13)12(18)8-15-5-3-14-4-6-15/h11,14,17H,3-10H2,1-2H3. The van der Waals surface area contributed by atoms with Gasteiger partial charge < -0.3 is 20.1 Å². The minimum Gasteiger partial charge on any atom is -0.394 e. The molecule has 19 heavy (non-hydrogen) atoms. The molecular formula is C13H25N3O3. The van der Waals surface area contributed by atoms with Crippen molar-refractivity contribution in [2.24, 2.45) is 0 Å². The van der Waals surface area contributed by atoms with Crippen molar-refractivity contribution in [3.63, 3.8) is 0 Å². The van der Waals surface area contributed by atoms with Gasteiger partial charge in [0.05, 0.1) is 24.9 Å². The topological polar surface area (TPSA) is 65.0 Å². The van der Waals surface area contributed by atoms with Crippen LogP contribution in [0.3, 0.4) is 0 Å². The summed E-state index contributed by atoms with van der Waals surface area (Å²) in [5.41, 5.74) is -0.384. The molecule has 1 unspecified atom stereocenters. The van der Waals surface area contributed by atoms with Gasteiger partial charge in [-0.25, -0.2) is 0 Å². The van der Waals surface area contributed by atoms with Gasteiger partial charge in [-0.3, -0.25) is 9.69 Å². The SMILES string of the molecule is CC1(C)CN(C(=O)CN2CCNCC2)CC(CO)O1. The summed E-state index contributed by atoms with van der Waals surface area (Å²) in [6.45, 7) is 9.16. The van der Waals surface area contributed by atoms with Gasteiger partial charge in [0, 0.05) is 39.3 Å². The molecule has 2 saturated heterocycles. The van der Waals surface area contributed by atoms with Crippen molar-refractivity contribution in [3.05, 3.63) is 0 Å². The second-order valence-corrected chi connectivity index (χ2v) is 5.98. The van der Waals surface area contributed by atoms with Crippen molar-refractivity contribution in [1.82, 2.24) is 15.1 Å². The fraction of sp³-hybridized carbons (Fsp3) is 0.923. The Morgan fingerprint density at radius 1 is 1.42 bits per heavy atom. The van der Waals surface area contributed by atoms with Crippen molar-refractivity contribution in [1.29, 1.82) is 0 Å². The molecule has 6 heteroatoms. The summed E-state index contributed by atoms with van der Waals surface area (Å²) in [6.07, 6.45) is -0.268. The molecule has 2 fully saturated rings. The van der Waals surface area contributed by atoms with E-state index in [2.05, 4.69) is 10.2 Å². The maximum Gasteiger partial charge on any atom is 0.236 e. The number of aliphatic hydroxyl groups excluding tert-OH is 1. The van der Waals surface area contributed by atoms with Crippen LogP contribution in [0.15, 0.2) is 0 Å². The Morgan fingerprint density at radius 2 is 2.11 bits per heavy atom. The fourth-order valence-corrected chi connectivity index (χ4v) is 2.74. The third kappa shape index (κ3) is 4.14. The highest BCUT2D eigenvalue weighted by Gasteiger charge is 2.35. The molecular weight excluding hydrogens is 246 g/mol. The zero-order valence-electron chi connectivity index (χ0n) is 11.9. The molecule has 2 heterocycles. The van der Waals surface area contributed by atoms with Crippen molar-refractivity contribution in [2.75, 3.05) is 52.4 Å². The number of hydrogen-bond acceptors (Lipinski definition) is 5. The molecule has 0 aromatic carbocycles. The molecule has 0 spiro atoms. The van der Waals surface area contributed by atoms with Gasteiger partial charge in [0.2, 0.25) is 5.91 Å². The number of amides is 1. The number of hydrogen-bond donors (Lipinski definition) is 2. The molecule has 2 rings (SSSR count). The van der Waals surface area contributed by atoms with Crippen LogP contribution in [0.4, 0.5) is 0 Å². The summed E-state index contributed by atoms with van der Waals surface area (Å²) in [5, 5.41) is 12.5. The van der Waals surface area contributed by atoms with E-state index in [9.17, 15) is 9.90 Å². The average molecular weight is 271 g/mol. The lowest BCUT2D eigenvalue weighted by molar-refractivity contribution is -0.167. The van der Waals surface area contributed by atoms with Crippen molar-refractivity contribution in [2.45, 2.75) is 25.6 Å². The zero-order chi connectivity index (χ0) is 13.9. The van der Waals surface area contributed by atoms with Crippen LogP contribution in [0.1, 0.15) is 13.8 Å². The molecule has 0 saturated carbocycles. The predicted octanol–water partition coefficient (Wildman–Crippen LogP) is -1.11. The molecule has 0 radical (unpaired) electrons. The van der Waals surface area contributed by atoms with Crippen LogP contribution < -0.4 is 5.32 Å². The van der Waals surface area contributed by atoms with E-state index in [1.165, 1.54) is 0 Å². The zero-order valence-corrected chi connectivity index (χ0v) is 11.9. The summed E-state index contributed by atoms with van der Waals surface area (Å²) < 4.78 is 5.73. The molecule has 1 atom stereocenters. The van der Waals surface area contributed by atoms with Crippen LogP contribution in [0.25, 0.3) is 0 Å². The van der Waals surface area contributed by atoms with E-state index in [4.69, 9.17) is 4.74 Å². The minimum absolute atomic E-state index is 0.0408. The van der Waals surface area contributed by atoms with E-state index in [0.717, 1.165) is 26.2 Å². The number of carbonyl (C=O) groups is 1. The summed E-state index contributed by atoms with van der Waals surface area (Å²) in [4.78, 5) is 16.3. The minimum atomic E-state index is -0.384. The van der Waals surface area contributed by atoms with Gasteiger partial charge in [-0.15, -0.1) is 0 Å². The summed E-state index contributed by atoms with van der Waals surface area (Å²) >= 11 is 0. The Kier molecular flexibility index (Phi) is 4.78. The lowest BCUT2D eigenvalue weighted by Crippen LogP contribution is -2.58. The van der Waals surface area contributed by atoms with Crippen LogP contribution in [0.5, 0.6) is 0 Å². The third-order valence-corrected chi connectivity index (χ3v) is 3.61. The number of morpholine rings is 1. The number of nitrogens with zero attached hydrogens (tertiary/aromatic N) is 2. The molecule has 2 N–H and O–H groups in total. The molecule has 0 aromatic rings. The van der Waals surface area contributed by atoms with E-state index in [-0.39, 0.29) is 24.2 Å². The second-order valence-electron chi connectivity index (χ2n) is 5.98.